The van der Waals surface area contributed by atoms with Gasteiger partial charge in [-0.3, -0.25) is 10.1 Å². The van der Waals surface area contributed by atoms with Crippen LogP contribution in [0.2, 0.25) is 0 Å². The molecule has 0 unspecified atom stereocenters. The Morgan fingerprint density at radius 2 is 1.70 bits per heavy atom. The molecule has 0 N–H and O–H groups in total. The number of benzene rings is 1. The summed E-state index contributed by atoms with van der Waals surface area (Å²) in [6, 6.07) is 5.62. The van der Waals surface area contributed by atoms with Crippen molar-refractivity contribution < 1.29 is 14.4 Å². The van der Waals surface area contributed by atoms with Crippen molar-refractivity contribution in [3.05, 3.63) is 51.0 Å². The van der Waals surface area contributed by atoms with Crippen LogP contribution in [0.1, 0.15) is 39.1 Å². The second-order valence-corrected chi connectivity index (χ2v) is 6.44. The molecule has 0 saturated carbocycles. The van der Waals surface area contributed by atoms with Crippen LogP contribution < -0.4 is 4.73 Å². The topological polar surface area (TPSA) is 105 Å². The predicted molar refractivity (Wildman–Crippen MR) is 80.2 cm³/mol. The number of ether oxygens (including phenoxy) is 1. The van der Waals surface area contributed by atoms with E-state index in [9.17, 15) is 15.3 Å². The summed E-state index contributed by atoms with van der Waals surface area (Å²) in [6.07, 6.45) is 0. The van der Waals surface area contributed by atoms with E-state index in [2.05, 4.69) is 10.2 Å². The molecule has 0 atom stereocenters. The first-order valence-corrected chi connectivity index (χ1v) is 7.10. The average Bonchev–Trinajstić information content (AvgIpc) is 2.64. The molecule has 0 bridgehead atoms. The molecule has 2 heterocycles. The number of hydrogen-bond acceptors (Lipinski definition) is 6. The highest BCUT2D eigenvalue weighted by Gasteiger charge is 2.50. The maximum Gasteiger partial charge on any atom is 0.361 e. The summed E-state index contributed by atoms with van der Waals surface area (Å²) in [5, 5.41) is 31.7. The fraction of sp³-hybridized carbons (Fsp3) is 0.400. The minimum absolute atomic E-state index is 0.0508. The standard InChI is InChI=1S/C15H16N4O4/c1-14(2)11-12(15(3,4)23-14)18(20)13(17-16-11)9-5-7-10(8-6-9)19(21)22/h5-8H,1-4H3. The number of nitro benzene ring substituents is 1. The van der Waals surface area contributed by atoms with Gasteiger partial charge in [-0.15, -0.1) is 0 Å². The van der Waals surface area contributed by atoms with Crippen LogP contribution in [0.4, 0.5) is 5.69 Å². The highest BCUT2D eigenvalue weighted by Crippen LogP contribution is 2.43. The van der Waals surface area contributed by atoms with Gasteiger partial charge in [0, 0.05) is 12.1 Å². The fourth-order valence-corrected chi connectivity index (χ4v) is 2.96. The number of aromatic nitrogens is 3. The Balaban J connectivity index is 2.15. The first-order chi connectivity index (χ1) is 10.6. The largest absolute Gasteiger partial charge is 0.710 e. The summed E-state index contributed by atoms with van der Waals surface area (Å²) in [5.41, 5.74) is -0.182. The Labute approximate surface area is 132 Å². The molecule has 0 fully saturated rings. The zero-order valence-electron chi connectivity index (χ0n) is 13.2. The van der Waals surface area contributed by atoms with Gasteiger partial charge < -0.3 is 9.94 Å². The van der Waals surface area contributed by atoms with E-state index >= 15 is 0 Å². The van der Waals surface area contributed by atoms with E-state index in [1.54, 1.807) is 13.8 Å². The number of nitrogens with zero attached hydrogens (tertiary/aromatic N) is 4. The van der Waals surface area contributed by atoms with Gasteiger partial charge in [0.05, 0.1) is 15.6 Å². The number of rotatable bonds is 2. The molecular formula is C15H16N4O4. The molecule has 1 aliphatic heterocycles. The summed E-state index contributed by atoms with van der Waals surface area (Å²) in [7, 11) is 0. The molecule has 0 spiro atoms. The SMILES string of the molecule is CC1(C)OC(C)(C)c2c1nnc(-c1ccc([N+](=O)[O-])cc1)[n+]2[O-]. The monoisotopic (exact) mass is 316 g/mol. The quantitative estimate of drug-likeness (QED) is 0.364. The van der Waals surface area contributed by atoms with E-state index in [1.165, 1.54) is 24.3 Å². The molecule has 23 heavy (non-hydrogen) atoms. The smallest absolute Gasteiger partial charge is 0.361 e. The summed E-state index contributed by atoms with van der Waals surface area (Å²) in [4.78, 5) is 10.2. The molecule has 1 aromatic carbocycles. The Hall–Kier alpha value is -2.61. The Morgan fingerprint density at radius 1 is 1.09 bits per heavy atom. The van der Waals surface area contributed by atoms with Gasteiger partial charge in [0.1, 0.15) is 11.2 Å². The molecule has 1 aromatic heterocycles. The third kappa shape index (κ3) is 2.31. The summed E-state index contributed by atoms with van der Waals surface area (Å²) in [5.74, 6) is 0.0908. The second kappa shape index (κ2) is 4.69. The molecule has 0 amide bonds. The molecule has 120 valence electrons. The normalized spacial score (nSPS) is 17.7. The zero-order valence-corrected chi connectivity index (χ0v) is 13.2. The Morgan fingerprint density at radius 3 is 2.26 bits per heavy atom. The van der Waals surface area contributed by atoms with Crippen LogP contribution in [0.25, 0.3) is 11.4 Å². The van der Waals surface area contributed by atoms with Gasteiger partial charge in [-0.1, -0.05) is 0 Å². The minimum Gasteiger partial charge on any atom is -0.710 e. The van der Waals surface area contributed by atoms with Crippen LogP contribution in [0, 0.1) is 15.3 Å². The molecule has 3 rings (SSSR count). The summed E-state index contributed by atoms with van der Waals surface area (Å²) in [6.45, 7) is 7.27. The number of nitro groups is 1. The summed E-state index contributed by atoms with van der Waals surface area (Å²) >= 11 is 0. The van der Waals surface area contributed by atoms with Crippen molar-refractivity contribution in [2.24, 2.45) is 0 Å². The van der Waals surface area contributed by atoms with Gasteiger partial charge in [0.25, 0.3) is 5.69 Å². The molecule has 0 saturated heterocycles. The van der Waals surface area contributed by atoms with Crippen LogP contribution in [0.15, 0.2) is 24.3 Å². The molecular weight excluding hydrogens is 300 g/mol. The number of fused-ring (bicyclic) bond motifs is 1. The molecule has 8 nitrogen and oxygen atoms in total. The van der Waals surface area contributed by atoms with Crippen molar-refractivity contribution in [1.29, 1.82) is 0 Å². The van der Waals surface area contributed by atoms with Gasteiger partial charge in [-0.25, -0.2) is 4.73 Å². The molecule has 0 aliphatic carbocycles. The maximum absolute atomic E-state index is 12.8. The third-order valence-electron chi connectivity index (χ3n) is 3.85. The molecule has 2 aromatic rings. The van der Waals surface area contributed by atoms with E-state index in [0.717, 1.165) is 0 Å². The van der Waals surface area contributed by atoms with Gasteiger partial charge in [0.2, 0.25) is 0 Å². The highest BCUT2D eigenvalue weighted by atomic mass is 16.6. The lowest BCUT2D eigenvalue weighted by atomic mass is 10.0. The molecule has 8 heteroatoms. The fourth-order valence-electron chi connectivity index (χ4n) is 2.96. The van der Waals surface area contributed by atoms with Gasteiger partial charge in [-0.05, 0) is 44.9 Å². The van der Waals surface area contributed by atoms with Crippen LogP contribution >= 0.6 is 0 Å². The van der Waals surface area contributed by atoms with Crippen molar-refractivity contribution in [2.75, 3.05) is 0 Å². The lowest BCUT2D eigenvalue weighted by molar-refractivity contribution is -0.612. The van der Waals surface area contributed by atoms with E-state index < -0.39 is 16.1 Å². The van der Waals surface area contributed by atoms with Crippen molar-refractivity contribution in [2.45, 2.75) is 38.9 Å². The van der Waals surface area contributed by atoms with Crippen molar-refractivity contribution >= 4 is 5.69 Å². The second-order valence-electron chi connectivity index (χ2n) is 6.44. The third-order valence-corrected chi connectivity index (χ3v) is 3.85. The van der Waals surface area contributed by atoms with Crippen molar-refractivity contribution in [3.63, 3.8) is 0 Å². The first kappa shape index (κ1) is 15.3. The van der Waals surface area contributed by atoms with Crippen molar-refractivity contribution in [1.82, 2.24) is 10.2 Å². The van der Waals surface area contributed by atoms with Crippen LogP contribution in [-0.4, -0.2) is 15.1 Å². The lowest BCUT2D eigenvalue weighted by Gasteiger charge is -2.23. The lowest BCUT2D eigenvalue weighted by Crippen LogP contribution is -2.42. The van der Waals surface area contributed by atoms with E-state index in [1.807, 2.05) is 13.8 Å². The average molecular weight is 316 g/mol. The highest BCUT2D eigenvalue weighted by molar-refractivity contribution is 5.54. The van der Waals surface area contributed by atoms with Crippen molar-refractivity contribution in [3.8, 4) is 11.4 Å². The molecule has 1 aliphatic rings. The van der Waals surface area contributed by atoms with E-state index in [0.29, 0.717) is 21.7 Å². The van der Waals surface area contributed by atoms with Crippen LogP contribution in [0.5, 0.6) is 0 Å². The first-order valence-electron chi connectivity index (χ1n) is 7.10. The zero-order chi connectivity index (χ0) is 17.0. The number of hydrogen-bond donors (Lipinski definition) is 0. The van der Waals surface area contributed by atoms with Gasteiger partial charge >= 0.3 is 5.82 Å². The van der Waals surface area contributed by atoms with Gasteiger partial charge in [0.15, 0.2) is 11.4 Å². The Kier molecular flexibility index (Phi) is 3.12. The van der Waals surface area contributed by atoms with Gasteiger partial charge in [-0.2, -0.15) is 0 Å². The van der Waals surface area contributed by atoms with Crippen LogP contribution in [-0.2, 0) is 15.9 Å². The predicted octanol–water partition coefficient (Wildman–Crippen LogP) is 2.19. The minimum atomic E-state index is -0.800. The van der Waals surface area contributed by atoms with E-state index in [-0.39, 0.29) is 11.5 Å². The molecule has 0 radical (unpaired) electrons. The Bertz CT molecular complexity index is 800. The van der Waals surface area contributed by atoms with Crippen LogP contribution in [0.3, 0.4) is 0 Å². The van der Waals surface area contributed by atoms with E-state index in [4.69, 9.17) is 4.74 Å². The summed E-state index contributed by atoms with van der Waals surface area (Å²) < 4.78 is 6.62. The maximum atomic E-state index is 12.8. The number of non-ortho nitro benzene ring substituents is 1.